The Balaban J connectivity index is 1.95. The zero-order valence-electron chi connectivity index (χ0n) is 11.1. The van der Waals surface area contributed by atoms with Crippen LogP contribution in [-0.4, -0.2) is 54.5 Å². The third kappa shape index (κ3) is 2.63. The minimum atomic E-state index is 0.0934. The molecular formula is C13H25N3O. The van der Waals surface area contributed by atoms with Crippen molar-refractivity contribution in [3.8, 4) is 0 Å². The molecule has 98 valence electrons. The lowest BCUT2D eigenvalue weighted by Gasteiger charge is -2.40. The molecule has 0 aromatic heterocycles. The predicted octanol–water partition coefficient (Wildman–Crippen LogP) is 0.666. The molecule has 1 heterocycles. The van der Waals surface area contributed by atoms with E-state index in [0.717, 1.165) is 45.3 Å². The average molecular weight is 239 g/mol. The maximum absolute atomic E-state index is 12.4. The summed E-state index contributed by atoms with van der Waals surface area (Å²) >= 11 is 0. The van der Waals surface area contributed by atoms with Crippen molar-refractivity contribution in [1.29, 1.82) is 0 Å². The van der Waals surface area contributed by atoms with Gasteiger partial charge in [-0.1, -0.05) is 13.3 Å². The van der Waals surface area contributed by atoms with E-state index in [9.17, 15) is 4.79 Å². The molecule has 0 aromatic rings. The summed E-state index contributed by atoms with van der Waals surface area (Å²) < 4.78 is 0. The average Bonchev–Trinajstić information content (AvgIpc) is 2.75. The summed E-state index contributed by atoms with van der Waals surface area (Å²) in [6.07, 6.45) is 4.23. The van der Waals surface area contributed by atoms with E-state index in [2.05, 4.69) is 18.9 Å². The first-order valence-electron chi connectivity index (χ1n) is 6.88. The van der Waals surface area contributed by atoms with Crippen molar-refractivity contribution < 1.29 is 4.79 Å². The van der Waals surface area contributed by atoms with Crippen molar-refractivity contribution in [2.24, 2.45) is 11.7 Å². The lowest BCUT2D eigenvalue weighted by atomic mass is 10.0. The van der Waals surface area contributed by atoms with Crippen LogP contribution in [0.4, 0.5) is 0 Å². The highest BCUT2D eigenvalue weighted by Crippen LogP contribution is 2.26. The number of carbonyl (C=O) groups excluding carboxylic acids is 1. The van der Waals surface area contributed by atoms with E-state index in [1.165, 1.54) is 0 Å². The van der Waals surface area contributed by atoms with E-state index in [4.69, 9.17) is 5.73 Å². The van der Waals surface area contributed by atoms with Gasteiger partial charge >= 0.3 is 0 Å². The number of hydrogen-bond acceptors (Lipinski definition) is 3. The molecule has 1 aliphatic carbocycles. The van der Waals surface area contributed by atoms with Crippen molar-refractivity contribution in [3.63, 3.8) is 0 Å². The van der Waals surface area contributed by atoms with Crippen LogP contribution < -0.4 is 5.73 Å². The van der Waals surface area contributed by atoms with Gasteiger partial charge in [-0.2, -0.15) is 0 Å². The lowest BCUT2D eigenvalue weighted by Crippen LogP contribution is -2.55. The number of carbonyl (C=O) groups is 1. The third-order valence-electron chi connectivity index (χ3n) is 4.45. The van der Waals surface area contributed by atoms with Crippen LogP contribution >= 0.6 is 0 Å². The number of likely N-dealkylation sites (N-methyl/N-ethyl adjacent to an activating group) is 1. The second-order valence-corrected chi connectivity index (χ2v) is 5.53. The van der Waals surface area contributed by atoms with E-state index < -0.39 is 0 Å². The van der Waals surface area contributed by atoms with Crippen LogP contribution in [0.15, 0.2) is 0 Å². The van der Waals surface area contributed by atoms with Crippen LogP contribution in [0.25, 0.3) is 0 Å². The molecule has 1 aliphatic heterocycles. The maximum Gasteiger partial charge on any atom is 0.227 e. The highest BCUT2D eigenvalue weighted by Gasteiger charge is 2.35. The molecule has 2 N–H and O–H groups in total. The molecule has 0 spiro atoms. The molecule has 1 saturated carbocycles. The molecule has 0 aromatic carbocycles. The highest BCUT2D eigenvalue weighted by atomic mass is 16.2. The second-order valence-electron chi connectivity index (χ2n) is 5.53. The smallest absolute Gasteiger partial charge is 0.227 e. The Morgan fingerprint density at radius 1 is 1.35 bits per heavy atom. The molecule has 1 saturated heterocycles. The van der Waals surface area contributed by atoms with Crippen molar-refractivity contribution in [2.45, 2.75) is 44.7 Å². The summed E-state index contributed by atoms with van der Waals surface area (Å²) in [4.78, 5) is 16.8. The third-order valence-corrected chi connectivity index (χ3v) is 4.45. The Kier molecular flexibility index (Phi) is 4.05. The summed E-state index contributed by atoms with van der Waals surface area (Å²) in [5.41, 5.74) is 6.02. The van der Waals surface area contributed by atoms with Gasteiger partial charge in [-0.15, -0.1) is 0 Å². The molecule has 3 unspecified atom stereocenters. The number of amides is 1. The maximum atomic E-state index is 12.4. The number of nitrogens with two attached hydrogens (primary N) is 1. The SMILES string of the molecule is CCC1CN(C(=O)C2CCCC2N)CCN1C. The molecule has 4 heteroatoms. The molecule has 2 rings (SSSR count). The first-order valence-corrected chi connectivity index (χ1v) is 6.88. The van der Waals surface area contributed by atoms with Crippen molar-refractivity contribution in [2.75, 3.05) is 26.7 Å². The van der Waals surface area contributed by atoms with Gasteiger partial charge in [0.05, 0.1) is 5.92 Å². The number of piperazine rings is 1. The Morgan fingerprint density at radius 3 is 2.71 bits per heavy atom. The fourth-order valence-electron chi connectivity index (χ4n) is 3.12. The van der Waals surface area contributed by atoms with E-state index in [1.807, 2.05) is 4.90 Å². The second kappa shape index (κ2) is 5.36. The molecule has 2 fully saturated rings. The Bertz CT molecular complexity index is 282. The van der Waals surface area contributed by atoms with Gasteiger partial charge in [0.25, 0.3) is 0 Å². The zero-order valence-corrected chi connectivity index (χ0v) is 11.1. The fourth-order valence-corrected chi connectivity index (χ4v) is 3.12. The Labute approximate surface area is 104 Å². The summed E-state index contributed by atoms with van der Waals surface area (Å²) in [6, 6.07) is 0.618. The summed E-state index contributed by atoms with van der Waals surface area (Å²) in [6.45, 7) is 4.94. The van der Waals surface area contributed by atoms with Crippen LogP contribution in [0, 0.1) is 5.92 Å². The van der Waals surface area contributed by atoms with Crippen LogP contribution in [0.1, 0.15) is 32.6 Å². The molecule has 17 heavy (non-hydrogen) atoms. The lowest BCUT2D eigenvalue weighted by molar-refractivity contribution is -0.138. The molecule has 0 radical (unpaired) electrons. The monoisotopic (exact) mass is 239 g/mol. The minimum Gasteiger partial charge on any atom is -0.340 e. The fraction of sp³-hybridized carbons (Fsp3) is 0.923. The molecule has 3 atom stereocenters. The Hall–Kier alpha value is -0.610. The molecule has 1 amide bonds. The topological polar surface area (TPSA) is 49.6 Å². The van der Waals surface area contributed by atoms with Crippen LogP contribution in [-0.2, 0) is 4.79 Å². The van der Waals surface area contributed by atoms with Crippen LogP contribution in [0.2, 0.25) is 0 Å². The van der Waals surface area contributed by atoms with Gasteiger partial charge < -0.3 is 10.6 Å². The minimum absolute atomic E-state index is 0.0934. The van der Waals surface area contributed by atoms with E-state index in [0.29, 0.717) is 11.9 Å². The molecule has 2 aliphatic rings. The molecule has 0 bridgehead atoms. The van der Waals surface area contributed by atoms with E-state index >= 15 is 0 Å². The quantitative estimate of drug-likeness (QED) is 0.770. The summed E-state index contributed by atoms with van der Waals surface area (Å²) in [5.74, 6) is 0.400. The summed E-state index contributed by atoms with van der Waals surface area (Å²) in [5, 5.41) is 0. The normalized spacial score (nSPS) is 35.2. The molecule has 4 nitrogen and oxygen atoms in total. The standard InChI is InChI=1S/C13H25N3O/c1-3-10-9-16(8-7-15(10)2)13(17)11-5-4-6-12(11)14/h10-12H,3-9,14H2,1-2H3. The summed E-state index contributed by atoms with van der Waals surface area (Å²) in [7, 11) is 2.15. The van der Waals surface area contributed by atoms with Crippen molar-refractivity contribution in [1.82, 2.24) is 9.80 Å². The first-order chi connectivity index (χ1) is 8.13. The number of nitrogens with zero attached hydrogens (tertiary/aromatic N) is 2. The Morgan fingerprint density at radius 2 is 2.12 bits per heavy atom. The van der Waals surface area contributed by atoms with Gasteiger partial charge in [0.1, 0.15) is 0 Å². The van der Waals surface area contributed by atoms with Gasteiger partial charge in [0, 0.05) is 31.7 Å². The zero-order chi connectivity index (χ0) is 12.4. The van der Waals surface area contributed by atoms with Gasteiger partial charge in [-0.25, -0.2) is 0 Å². The predicted molar refractivity (Wildman–Crippen MR) is 68.6 cm³/mol. The van der Waals surface area contributed by atoms with Gasteiger partial charge in [0.2, 0.25) is 5.91 Å². The van der Waals surface area contributed by atoms with E-state index in [1.54, 1.807) is 0 Å². The van der Waals surface area contributed by atoms with Gasteiger partial charge in [0.15, 0.2) is 0 Å². The first kappa shape index (κ1) is 12.8. The van der Waals surface area contributed by atoms with Crippen LogP contribution in [0.3, 0.4) is 0 Å². The molecular weight excluding hydrogens is 214 g/mol. The van der Waals surface area contributed by atoms with Crippen LogP contribution in [0.5, 0.6) is 0 Å². The number of rotatable bonds is 2. The van der Waals surface area contributed by atoms with Gasteiger partial charge in [-0.3, -0.25) is 9.69 Å². The number of hydrogen-bond donors (Lipinski definition) is 1. The highest BCUT2D eigenvalue weighted by molar-refractivity contribution is 5.80. The van der Waals surface area contributed by atoms with Crippen molar-refractivity contribution >= 4 is 5.91 Å². The van der Waals surface area contributed by atoms with Gasteiger partial charge in [-0.05, 0) is 26.3 Å². The van der Waals surface area contributed by atoms with Crippen molar-refractivity contribution in [3.05, 3.63) is 0 Å². The van der Waals surface area contributed by atoms with E-state index in [-0.39, 0.29) is 12.0 Å². The largest absolute Gasteiger partial charge is 0.340 e.